The number of carbonyl (C=O) groups is 2. The first-order valence-corrected chi connectivity index (χ1v) is 10.9. The Labute approximate surface area is 188 Å². The van der Waals surface area contributed by atoms with Gasteiger partial charge >= 0.3 is 0 Å². The summed E-state index contributed by atoms with van der Waals surface area (Å²) in [5.41, 5.74) is 2.10. The summed E-state index contributed by atoms with van der Waals surface area (Å²) in [6.45, 7) is 2.68. The molecule has 1 heterocycles. The fourth-order valence-electron chi connectivity index (χ4n) is 3.65. The summed E-state index contributed by atoms with van der Waals surface area (Å²) >= 11 is 6.11. The van der Waals surface area contributed by atoms with Crippen molar-refractivity contribution >= 4 is 23.4 Å². The molecule has 0 saturated carbocycles. The summed E-state index contributed by atoms with van der Waals surface area (Å²) in [5, 5.41) is 0.501. The van der Waals surface area contributed by atoms with Gasteiger partial charge in [0.1, 0.15) is 5.75 Å². The van der Waals surface area contributed by atoms with Crippen LogP contribution in [0.2, 0.25) is 5.02 Å². The van der Waals surface area contributed by atoms with Crippen molar-refractivity contribution < 1.29 is 19.1 Å². The molecule has 7 heteroatoms. The molecule has 0 N–H and O–H groups in total. The first-order chi connectivity index (χ1) is 15.0. The number of carbonyl (C=O) groups excluding carboxylic acids is 2. The zero-order chi connectivity index (χ0) is 22.2. The van der Waals surface area contributed by atoms with Crippen molar-refractivity contribution in [2.45, 2.75) is 25.9 Å². The minimum Gasteiger partial charge on any atom is -0.493 e. The number of rotatable bonds is 3. The van der Waals surface area contributed by atoms with Crippen LogP contribution >= 0.6 is 11.6 Å². The van der Waals surface area contributed by atoms with Crippen LogP contribution < -0.4 is 4.74 Å². The number of fused-ring (bicyclic) bond motifs is 1. The van der Waals surface area contributed by atoms with Crippen molar-refractivity contribution in [1.82, 2.24) is 9.80 Å². The number of hydrogen-bond acceptors (Lipinski definition) is 4. The highest BCUT2D eigenvalue weighted by molar-refractivity contribution is 6.31. The Morgan fingerprint density at radius 2 is 1.87 bits per heavy atom. The maximum atomic E-state index is 13.2. The molecule has 0 saturated heterocycles. The Kier molecular flexibility index (Phi) is 8.32. The smallest absolute Gasteiger partial charge is 0.257 e. The molecular formula is C24H29ClN2O4. The molecule has 3 rings (SSSR count). The number of halogens is 1. The zero-order valence-corrected chi connectivity index (χ0v) is 18.9. The Morgan fingerprint density at radius 1 is 1.10 bits per heavy atom. The van der Waals surface area contributed by atoms with Crippen molar-refractivity contribution in [2.24, 2.45) is 0 Å². The zero-order valence-electron chi connectivity index (χ0n) is 18.1. The fourth-order valence-corrected chi connectivity index (χ4v) is 3.82. The van der Waals surface area contributed by atoms with Crippen LogP contribution in [-0.2, 0) is 11.3 Å². The van der Waals surface area contributed by atoms with Crippen molar-refractivity contribution in [2.75, 3.05) is 40.4 Å². The highest BCUT2D eigenvalue weighted by Gasteiger charge is 2.20. The van der Waals surface area contributed by atoms with Crippen LogP contribution in [0, 0.1) is 0 Å². The standard InChI is InChI=1S/C24H29ClN2O4/c1-26-11-3-4-12-27(23(28)19-8-5-7-18(15-19)17-30-2)13-6-14-31-22-10-9-20(25)16-21(22)24(26)29/h5,7-10,15-16H,3-4,6,11-14,17H2,1-2H3. The monoisotopic (exact) mass is 444 g/mol. The Morgan fingerprint density at radius 3 is 2.68 bits per heavy atom. The lowest BCUT2D eigenvalue weighted by molar-refractivity contribution is 0.0735. The van der Waals surface area contributed by atoms with Gasteiger partial charge in [0.05, 0.1) is 18.8 Å². The molecule has 2 amide bonds. The number of nitrogens with zero attached hydrogens (tertiary/aromatic N) is 2. The van der Waals surface area contributed by atoms with Gasteiger partial charge in [-0.15, -0.1) is 0 Å². The van der Waals surface area contributed by atoms with E-state index in [4.69, 9.17) is 21.1 Å². The molecule has 0 unspecified atom stereocenters. The molecule has 0 spiro atoms. The van der Waals surface area contributed by atoms with E-state index in [-0.39, 0.29) is 11.8 Å². The van der Waals surface area contributed by atoms with Gasteiger partial charge in [-0.3, -0.25) is 9.59 Å². The van der Waals surface area contributed by atoms with Gasteiger partial charge in [-0.2, -0.15) is 0 Å². The largest absolute Gasteiger partial charge is 0.493 e. The normalized spacial score (nSPS) is 15.9. The number of methoxy groups -OCH3 is 1. The van der Waals surface area contributed by atoms with Crippen molar-refractivity contribution in [3.63, 3.8) is 0 Å². The molecule has 0 atom stereocenters. The van der Waals surface area contributed by atoms with Gasteiger partial charge in [0, 0.05) is 44.4 Å². The van der Waals surface area contributed by atoms with Gasteiger partial charge in [-0.1, -0.05) is 23.7 Å². The number of amides is 2. The van der Waals surface area contributed by atoms with Crippen LogP contribution in [0.3, 0.4) is 0 Å². The number of hydrogen-bond donors (Lipinski definition) is 0. The van der Waals surface area contributed by atoms with E-state index in [9.17, 15) is 9.59 Å². The van der Waals surface area contributed by atoms with Gasteiger partial charge in [0.2, 0.25) is 0 Å². The maximum Gasteiger partial charge on any atom is 0.257 e. The summed E-state index contributed by atoms with van der Waals surface area (Å²) in [7, 11) is 3.41. The van der Waals surface area contributed by atoms with E-state index in [1.807, 2.05) is 29.2 Å². The average molecular weight is 445 g/mol. The first-order valence-electron chi connectivity index (χ1n) is 10.5. The fraction of sp³-hybridized carbons (Fsp3) is 0.417. The molecule has 0 radical (unpaired) electrons. The molecule has 1 aliphatic rings. The summed E-state index contributed by atoms with van der Waals surface area (Å²) in [6.07, 6.45) is 2.27. The SMILES string of the molecule is COCc1cccc(C(=O)N2CCCCN(C)C(=O)c3cc(Cl)ccc3OCCC2)c1. The summed E-state index contributed by atoms with van der Waals surface area (Å²) < 4.78 is 11.1. The van der Waals surface area contributed by atoms with Gasteiger partial charge < -0.3 is 19.3 Å². The molecule has 6 nitrogen and oxygen atoms in total. The van der Waals surface area contributed by atoms with E-state index in [0.717, 1.165) is 18.4 Å². The van der Waals surface area contributed by atoms with Gasteiger partial charge in [0.25, 0.3) is 11.8 Å². The van der Waals surface area contributed by atoms with E-state index in [1.54, 1.807) is 37.3 Å². The minimum absolute atomic E-state index is 0.00411. The van der Waals surface area contributed by atoms with Crippen molar-refractivity contribution in [1.29, 1.82) is 0 Å². The molecular weight excluding hydrogens is 416 g/mol. The van der Waals surface area contributed by atoms with Gasteiger partial charge in [0.15, 0.2) is 0 Å². The lowest BCUT2D eigenvalue weighted by atomic mass is 10.1. The quantitative estimate of drug-likeness (QED) is 0.709. The van der Waals surface area contributed by atoms with Crippen LogP contribution in [-0.4, -0.2) is 62.0 Å². The molecule has 2 aromatic rings. The second-order valence-electron chi connectivity index (χ2n) is 7.70. The van der Waals surface area contributed by atoms with Crippen molar-refractivity contribution in [3.05, 3.63) is 64.2 Å². The minimum atomic E-state index is -0.111. The second-order valence-corrected chi connectivity index (χ2v) is 8.14. The molecule has 31 heavy (non-hydrogen) atoms. The molecule has 0 bridgehead atoms. The van der Waals surface area contributed by atoms with E-state index >= 15 is 0 Å². The van der Waals surface area contributed by atoms with Crippen molar-refractivity contribution in [3.8, 4) is 5.75 Å². The summed E-state index contributed by atoms with van der Waals surface area (Å²) in [5.74, 6) is 0.412. The molecule has 0 fully saturated rings. The Balaban J connectivity index is 1.75. The van der Waals surface area contributed by atoms with Crippen LogP contribution in [0.15, 0.2) is 42.5 Å². The topological polar surface area (TPSA) is 59.1 Å². The molecule has 1 aliphatic heterocycles. The molecule has 166 valence electrons. The second kappa shape index (κ2) is 11.2. The Bertz CT molecular complexity index is 918. The van der Waals surface area contributed by atoms with Crippen LogP contribution in [0.1, 0.15) is 45.5 Å². The molecule has 0 aromatic heterocycles. The third-order valence-electron chi connectivity index (χ3n) is 5.29. The van der Waals surface area contributed by atoms with E-state index in [0.29, 0.717) is 61.2 Å². The van der Waals surface area contributed by atoms with Crippen LogP contribution in [0.4, 0.5) is 0 Å². The average Bonchev–Trinajstić information content (AvgIpc) is 2.78. The first kappa shape index (κ1) is 23.1. The number of ether oxygens (including phenoxy) is 2. The summed E-state index contributed by atoms with van der Waals surface area (Å²) in [4.78, 5) is 29.6. The third kappa shape index (κ3) is 6.21. The van der Waals surface area contributed by atoms with E-state index < -0.39 is 0 Å². The molecule has 2 aromatic carbocycles. The lowest BCUT2D eigenvalue weighted by Gasteiger charge is -2.23. The highest BCUT2D eigenvalue weighted by Crippen LogP contribution is 2.25. The number of benzene rings is 2. The predicted octanol–water partition coefficient (Wildman–Crippen LogP) is 4.26. The van der Waals surface area contributed by atoms with Crippen LogP contribution in [0.25, 0.3) is 0 Å². The van der Waals surface area contributed by atoms with Gasteiger partial charge in [-0.05, 0) is 55.2 Å². The third-order valence-corrected chi connectivity index (χ3v) is 5.53. The highest BCUT2D eigenvalue weighted by atomic mass is 35.5. The van der Waals surface area contributed by atoms with E-state index in [2.05, 4.69) is 0 Å². The maximum absolute atomic E-state index is 13.2. The molecule has 0 aliphatic carbocycles. The van der Waals surface area contributed by atoms with Gasteiger partial charge in [-0.25, -0.2) is 0 Å². The lowest BCUT2D eigenvalue weighted by Crippen LogP contribution is -2.34. The van der Waals surface area contributed by atoms with E-state index in [1.165, 1.54) is 0 Å². The summed E-state index contributed by atoms with van der Waals surface area (Å²) in [6, 6.07) is 12.7. The van der Waals surface area contributed by atoms with Crippen LogP contribution in [0.5, 0.6) is 5.75 Å². The Hall–Kier alpha value is -2.57. The predicted molar refractivity (Wildman–Crippen MR) is 121 cm³/mol.